The molecule has 3 rings (SSSR count). The molecule has 5 nitrogen and oxygen atoms in total. The molecular weight excluding hydrogens is 258 g/mol. The van der Waals surface area contributed by atoms with Gasteiger partial charge in [-0.25, -0.2) is 4.90 Å². The molecule has 2 bridgehead atoms. The van der Waals surface area contributed by atoms with E-state index >= 15 is 0 Å². The van der Waals surface area contributed by atoms with Crippen molar-refractivity contribution in [3.05, 3.63) is 23.2 Å². The summed E-state index contributed by atoms with van der Waals surface area (Å²) in [7, 11) is 0. The first-order chi connectivity index (χ1) is 8.58. The van der Waals surface area contributed by atoms with Gasteiger partial charge in [0, 0.05) is 6.07 Å². The molecule has 2 aliphatic rings. The quantitative estimate of drug-likeness (QED) is 0.783. The number of halogens is 1. The molecule has 0 aromatic heterocycles. The molecule has 6 heteroatoms. The molecule has 1 aromatic rings. The minimum absolute atomic E-state index is 0.0140. The zero-order valence-electron chi connectivity index (χ0n) is 9.30. The van der Waals surface area contributed by atoms with Crippen LogP contribution in [0.3, 0.4) is 0 Å². The molecule has 2 saturated heterocycles. The topological polar surface area (TPSA) is 66.8 Å². The van der Waals surface area contributed by atoms with Crippen molar-refractivity contribution in [2.24, 2.45) is 0 Å². The highest BCUT2D eigenvalue weighted by molar-refractivity contribution is 6.35. The Morgan fingerprint density at radius 2 is 1.83 bits per heavy atom. The van der Waals surface area contributed by atoms with E-state index in [9.17, 15) is 14.7 Å². The van der Waals surface area contributed by atoms with Crippen LogP contribution in [0.2, 0.25) is 5.02 Å². The third kappa shape index (κ3) is 1.59. The number of hydrogen-bond donors (Lipinski definition) is 1. The van der Waals surface area contributed by atoms with E-state index in [0.717, 1.165) is 4.90 Å². The number of benzene rings is 1. The fraction of sp³-hybridized carbons (Fsp3) is 0.333. The summed E-state index contributed by atoms with van der Waals surface area (Å²) in [6.07, 6.45) is -0.00164. The van der Waals surface area contributed by atoms with Gasteiger partial charge in [0.2, 0.25) is 0 Å². The van der Waals surface area contributed by atoms with E-state index in [2.05, 4.69) is 0 Å². The van der Waals surface area contributed by atoms with Crippen molar-refractivity contribution >= 4 is 29.1 Å². The van der Waals surface area contributed by atoms with Crippen LogP contribution >= 0.6 is 11.6 Å². The van der Waals surface area contributed by atoms with Gasteiger partial charge in [0.1, 0.15) is 18.0 Å². The molecule has 0 aliphatic carbocycles. The number of morpholine rings is 1. The van der Waals surface area contributed by atoms with Crippen molar-refractivity contribution in [2.45, 2.75) is 25.0 Å². The van der Waals surface area contributed by atoms with Crippen molar-refractivity contribution in [3.8, 4) is 5.75 Å². The van der Waals surface area contributed by atoms with Crippen molar-refractivity contribution < 1.29 is 19.4 Å². The number of nitrogens with zero attached hydrogens (tertiary/aromatic N) is 1. The number of carbonyl (C=O) groups excluding carboxylic acids is 2. The number of ether oxygens (including phenoxy) is 1. The van der Waals surface area contributed by atoms with Gasteiger partial charge in [0.05, 0.1) is 10.7 Å². The zero-order chi connectivity index (χ0) is 12.9. The van der Waals surface area contributed by atoms with Crippen molar-refractivity contribution in [1.82, 2.24) is 0 Å². The van der Waals surface area contributed by atoms with Crippen LogP contribution < -0.4 is 4.90 Å². The lowest BCUT2D eigenvalue weighted by atomic mass is 10.2. The smallest absolute Gasteiger partial charge is 0.263 e. The normalized spacial score (nSPS) is 26.8. The summed E-state index contributed by atoms with van der Waals surface area (Å²) in [4.78, 5) is 25.2. The summed E-state index contributed by atoms with van der Waals surface area (Å²) >= 11 is 5.96. The van der Waals surface area contributed by atoms with E-state index in [0.29, 0.717) is 18.5 Å². The summed E-state index contributed by atoms with van der Waals surface area (Å²) in [5.41, 5.74) is 0.296. The number of amides is 2. The summed E-state index contributed by atoms with van der Waals surface area (Å²) < 4.78 is 5.30. The van der Waals surface area contributed by atoms with Gasteiger partial charge in [-0.2, -0.15) is 0 Å². The van der Waals surface area contributed by atoms with Crippen LogP contribution in [0.25, 0.3) is 0 Å². The molecule has 1 aromatic carbocycles. The van der Waals surface area contributed by atoms with E-state index in [1.165, 1.54) is 18.2 Å². The van der Waals surface area contributed by atoms with E-state index < -0.39 is 12.2 Å². The number of rotatable bonds is 1. The molecule has 2 fully saturated rings. The monoisotopic (exact) mass is 267 g/mol. The number of phenols is 1. The molecule has 18 heavy (non-hydrogen) atoms. The summed E-state index contributed by atoms with van der Waals surface area (Å²) in [6.45, 7) is 0. The number of imide groups is 1. The Labute approximate surface area is 108 Å². The Bertz CT molecular complexity index is 523. The van der Waals surface area contributed by atoms with Gasteiger partial charge in [0.15, 0.2) is 0 Å². The average molecular weight is 268 g/mol. The highest BCUT2D eigenvalue weighted by Gasteiger charge is 2.47. The van der Waals surface area contributed by atoms with Gasteiger partial charge < -0.3 is 9.84 Å². The standard InChI is InChI=1S/C12H10ClNO4/c13-7-5-6(15)1-2-8(7)14-11(16)9-3-4-10(18-9)12(14)17/h1-2,5,9-10,15H,3-4H2. The lowest BCUT2D eigenvalue weighted by molar-refractivity contribution is -0.146. The van der Waals surface area contributed by atoms with Crippen LogP contribution in [0.1, 0.15) is 12.8 Å². The zero-order valence-corrected chi connectivity index (χ0v) is 10.1. The first kappa shape index (κ1) is 11.5. The van der Waals surface area contributed by atoms with E-state index in [-0.39, 0.29) is 22.6 Å². The number of fused-ring (bicyclic) bond motifs is 2. The van der Waals surface area contributed by atoms with Crippen LogP contribution in [0, 0.1) is 0 Å². The van der Waals surface area contributed by atoms with Crippen molar-refractivity contribution in [2.75, 3.05) is 4.90 Å². The lowest BCUT2D eigenvalue weighted by Gasteiger charge is -2.30. The molecule has 2 aliphatic heterocycles. The highest BCUT2D eigenvalue weighted by atomic mass is 35.5. The van der Waals surface area contributed by atoms with Crippen LogP contribution in [0.15, 0.2) is 18.2 Å². The molecule has 0 spiro atoms. The fourth-order valence-corrected chi connectivity index (χ4v) is 2.57. The second-order valence-corrected chi connectivity index (χ2v) is 4.75. The Balaban J connectivity index is 2.05. The first-order valence-corrected chi connectivity index (χ1v) is 5.97. The highest BCUT2D eigenvalue weighted by Crippen LogP contribution is 2.36. The van der Waals surface area contributed by atoms with Crippen molar-refractivity contribution in [1.29, 1.82) is 0 Å². The molecule has 2 amide bonds. The van der Waals surface area contributed by atoms with E-state index in [4.69, 9.17) is 16.3 Å². The predicted molar refractivity (Wildman–Crippen MR) is 63.5 cm³/mol. The maximum absolute atomic E-state index is 12.1. The molecular formula is C12H10ClNO4. The minimum Gasteiger partial charge on any atom is -0.508 e. The minimum atomic E-state index is -0.558. The first-order valence-electron chi connectivity index (χ1n) is 5.59. The van der Waals surface area contributed by atoms with Crippen molar-refractivity contribution in [3.63, 3.8) is 0 Å². The Morgan fingerprint density at radius 1 is 1.22 bits per heavy atom. The number of anilines is 1. The third-order valence-corrected chi connectivity index (χ3v) is 3.49. The van der Waals surface area contributed by atoms with Gasteiger partial charge in [-0.05, 0) is 25.0 Å². The Morgan fingerprint density at radius 3 is 2.39 bits per heavy atom. The van der Waals surface area contributed by atoms with Gasteiger partial charge in [-0.1, -0.05) is 11.6 Å². The average Bonchev–Trinajstić information content (AvgIpc) is 2.76. The second-order valence-electron chi connectivity index (χ2n) is 4.34. The maximum Gasteiger partial charge on any atom is 0.263 e. The van der Waals surface area contributed by atoms with Gasteiger partial charge in [0.25, 0.3) is 11.8 Å². The van der Waals surface area contributed by atoms with Crippen LogP contribution in [0.4, 0.5) is 5.69 Å². The van der Waals surface area contributed by atoms with Crippen LogP contribution in [-0.4, -0.2) is 29.1 Å². The molecule has 0 saturated carbocycles. The predicted octanol–water partition coefficient (Wildman–Crippen LogP) is 1.47. The third-order valence-electron chi connectivity index (χ3n) is 3.18. The summed E-state index contributed by atoms with van der Waals surface area (Å²) in [5.74, 6) is -0.789. The van der Waals surface area contributed by atoms with Gasteiger partial charge in [-0.15, -0.1) is 0 Å². The molecule has 2 unspecified atom stereocenters. The molecule has 0 radical (unpaired) electrons. The number of carbonyl (C=O) groups is 2. The number of aromatic hydroxyl groups is 1. The summed E-state index contributed by atoms with van der Waals surface area (Å²) in [5, 5.41) is 9.45. The summed E-state index contributed by atoms with van der Waals surface area (Å²) in [6, 6.07) is 4.15. The SMILES string of the molecule is O=C1C2CCC(O2)C(=O)N1c1ccc(O)cc1Cl. The van der Waals surface area contributed by atoms with Crippen LogP contribution in [-0.2, 0) is 14.3 Å². The van der Waals surface area contributed by atoms with E-state index in [1.54, 1.807) is 0 Å². The molecule has 1 N–H and O–H groups in total. The number of hydrogen-bond acceptors (Lipinski definition) is 4. The Kier molecular flexibility index (Phi) is 2.53. The molecule has 2 heterocycles. The van der Waals surface area contributed by atoms with Gasteiger partial charge in [-0.3, -0.25) is 9.59 Å². The largest absolute Gasteiger partial charge is 0.508 e. The molecule has 94 valence electrons. The van der Waals surface area contributed by atoms with E-state index in [1.807, 2.05) is 0 Å². The number of phenolic OH excluding ortho intramolecular Hbond substituents is 1. The van der Waals surface area contributed by atoms with Gasteiger partial charge >= 0.3 is 0 Å². The van der Waals surface area contributed by atoms with Crippen LogP contribution in [0.5, 0.6) is 5.75 Å². The maximum atomic E-state index is 12.1. The molecule has 2 atom stereocenters. The second kappa shape index (κ2) is 3.96. The fourth-order valence-electron chi connectivity index (χ4n) is 2.31. The Hall–Kier alpha value is -1.59. The lowest BCUT2D eigenvalue weighted by Crippen LogP contribution is -2.52.